The van der Waals surface area contributed by atoms with Crippen LogP contribution in [-0.2, 0) is 4.79 Å². The minimum Gasteiger partial charge on any atom is -0.368 e. The van der Waals surface area contributed by atoms with E-state index in [1.165, 1.54) is 15.8 Å². The first-order chi connectivity index (χ1) is 12.3. The monoisotopic (exact) mass is 359 g/mol. The maximum absolute atomic E-state index is 11.4. The number of nitrogens with zero attached hydrogens (tertiary/aromatic N) is 2. The highest BCUT2D eigenvalue weighted by Crippen LogP contribution is 2.31. The second-order valence-corrected chi connectivity index (χ2v) is 7.69. The van der Waals surface area contributed by atoms with Crippen molar-refractivity contribution in [3.05, 3.63) is 29.6 Å². The lowest BCUT2D eigenvalue weighted by Gasteiger charge is -2.36. The van der Waals surface area contributed by atoms with Gasteiger partial charge in [0.15, 0.2) is 0 Å². The average Bonchev–Trinajstić information content (AvgIpc) is 3.11. The van der Waals surface area contributed by atoms with Crippen LogP contribution in [0, 0.1) is 0 Å². The molecule has 0 radical (unpaired) electrons. The lowest BCUT2D eigenvalue weighted by molar-refractivity contribution is -0.121. The summed E-state index contributed by atoms with van der Waals surface area (Å²) in [5.74, 6) is 0.193. The molecule has 0 unspecified atom stereocenters. The summed E-state index contributed by atoms with van der Waals surface area (Å²) in [6.07, 6.45) is 3.81. The molecule has 1 aromatic heterocycles. The van der Waals surface area contributed by atoms with Crippen molar-refractivity contribution >= 4 is 33.0 Å². The maximum atomic E-state index is 11.4. The Morgan fingerprint density at radius 1 is 1.16 bits per heavy atom. The van der Waals surface area contributed by atoms with Gasteiger partial charge in [-0.2, -0.15) is 0 Å². The van der Waals surface area contributed by atoms with E-state index in [4.69, 9.17) is 0 Å². The van der Waals surface area contributed by atoms with E-state index in [0.717, 1.165) is 58.5 Å². The highest BCUT2D eigenvalue weighted by molar-refractivity contribution is 7.17. The summed E-state index contributed by atoms with van der Waals surface area (Å²) in [7, 11) is 0. The number of anilines is 1. The lowest BCUT2D eigenvalue weighted by atomic mass is 10.1. The molecule has 25 heavy (non-hydrogen) atoms. The molecule has 136 valence electrons. The van der Waals surface area contributed by atoms with Crippen LogP contribution in [0.15, 0.2) is 29.6 Å². The predicted octanol–water partition coefficient (Wildman–Crippen LogP) is 3.72. The minimum atomic E-state index is 0.193. The molecule has 1 amide bonds. The number of carbonyl (C=O) groups excluding carboxylic acids is 1. The number of hydrogen-bond acceptors (Lipinski definition) is 4. The molecule has 2 heterocycles. The number of unbranched alkanes of at least 4 members (excludes halogenated alkanes) is 1. The van der Waals surface area contributed by atoms with Crippen molar-refractivity contribution in [2.75, 3.05) is 44.2 Å². The third kappa shape index (κ3) is 4.95. The van der Waals surface area contributed by atoms with Crippen LogP contribution in [0.25, 0.3) is 10.1 Å². The van der Waals surface area contributed by atoms with Crippen LogP contribution in [0.3, 0.4) is 0 Å². The van der Waals surface area contributed by atoms with E-state index in [1.54, 1.807) is 0 Å². The summed E-state index contributed by atoms with van der Waals surface area (Å²) in [4.78, 5) is 16.5. The van der Waals surface area contributed by atoms with Crippen LogP contribution >= 0.6 is 11.3 Å². The van der Waals surface area contributed by atoms with Gasteiger partial charge < -0.3 is 10.2 Å². The highest BCUT2D eigenvalue weighted by Gasteiger charge is 2.18. The number of carbonyl (C=O) groups is 1. The molecule has 0 spiro atoms. The Kier molecular flexibility index (Phi) is 6.70. The van der Waals surface area contributed by atoms with E-state index in [-0.39, 0.29) is 5.91 Å². The Morgan fingerprint density at radius 2 is 2.00 bits per heavy atom. The molecule has 3 rings (SSSR count). The van der Waals surface area contributed by atoms with Crippen molar-refractivity contribution in [2.45, 2.75) is 32.6 Å². The van der Waals surface area contributed by atoms with Gasteiger partial charge in [-0.1, -0.05) is 13.0 Å². The first kappa shape index (κ1) is 18.2. The van der Waals surface area contributed by atoms with Gasteiger partial charge in [-0.05, 0) is 49.4 Å². The third-order valence-corrected chi connectivity index (χ3v) is 5.77. The van der Waals surface area contributed by atoms with Crippen molar-refractivity contribution in [3.63, 3.8) is 0 Å². The summed E-state index contributed by atoms with van der Waals surface area (Å²) in [6, 6.07) is 8.88. The fraction of sp³-hybridized carbons (Fsp3) is 0.550. The molecule has 1 saturated heterocycles. The van der Waals surface area contributed by atoms with Gasteiger partial charge in [-0.25, -0.2) is 0 Å². The first-order valence-corrected chi connectivity index (χ1v) is 10.4. The van der Waals surface area contributed by atoms with Gasteiger partial charge in [0.2, 0.25) is 5.91 Å². The zero-order valence-electron chi connectivity index (χ0n) is 15.2. The standard InChI is InChI=1S/C20H29N3OS/c1-2-6-20(24)21-10-3-4-11-22-12-14-23(15-13-22)18-7-5-8-19-17(18)9-16-25-19/h5,7-9,16H,2-4,6,10-15H2,1H3,(H,21,24). The maximum Gasteiger partial charge on any atom is 0.219 e. The Labute approximate surface area is 154 Å². The molecule has 0 saturated carbocycles. The van der Waals surface area contributed by atoms with E-state index in [1.807, 2.05) is 18.3 Å². The number of rotatable bonds is 8. The van der Waals surface area contributed by atoms with Gasteiger partial charge in [0.25, 0.3) is 0 Å². The molecular weight excluding hydrogens is 330 g/mol. The van der Waals surface area contributed by atoms with E-state index in [9.17, 15) is 4.79 Å². The molecule has 5 heteroatoms. The Balaban J connectivity index is 1.38. The molecule has 0 bridgehead atoms. The van der Waals surface area contributed by atoms with Crippen LogP contribution in [-0.4, -0.2) is 50.1 Å². The highest BCUT2D eigenvalue weighted by atomic mass is 32.1. The van der Waals surface area contributed by atoms with Gasteiger partial charge >= 0.3 is 0 Å². The normalized spacial score (nSPS) is 15.6. The van der Waals surface area contributed by atoms with E-state index >= 15 is 0 Å². The number of amides is 1. The summed E-state index contributed by atoms with van der Waals surface area (Å²) >= 11 is 1.82. The zero-order valence-corrected chi connectivity index (χ0v) is 16.0. The Morgan fingerprint density at radius 3 is 2.80 bits per heavy atom. The number of nitrogens with one attached hydrogen (secondary N) is 1. The van der Waals surface area contributed by atoms with Gasteiger partial charge in [0.1, 0.15) is 0 Å². The smallest absolute Gasteiger partial charge is 0.219 e. The second-order valence-electron chi connectivity index (χ2n) is 6.75. The van der Waals surface area contributed by atoms with E-state index in [0.29, 0.717) is 6.42 Å². The molecular formula is C20H29N3OS. The predicted molar refractivity (Wildman–Crippen MR) is 108 cm³/mol. The summed E-state index contributed by atoms with van der Waals surface area (Å²) < 4.78 is 1.38. The Hall–Kier alpha value is -1.59. The molecule has 1 aliphatic rings. The lowest BCUT2D eigenvalue weighted by Crippen LogP contribution is -2.46. The number of benzene rings is 1. The number of thiophene rings is 1. The molecule has 0 aliphatic carbocycles. The molecule has 0 atom stereocenters. The molecule has 1 aliphatic heterocycles. The molecule has 4 nitrogen and oxygen atoms in total. The van der Waals surface area contributed by atoms with E-state index < -0.39 is 0 Å². The quantitative estimate of drug-likeness (QED) is 0.730. The van der Waals surface area contributed by atoms with Crippen molar-refractivity contribution in [1.29, 1.82) is 0 Å². The second kappa shape index (κ2) is 9.20. The minimum absolute atomic E-state index is 0.193. The zero-order chi connectivity index (χ0) is 17.5. The molecule has 1 fully saturated rings. The summed E-state index contributed by atoms with van der Waals surface area (Å²) in [6.45, 7) is 8.45. The average molecular weight is 360 g/mol. The van der Waals surface area contributed by atoms with Crippen molar-refractivity contribution in [1.82, 2.24) is 10.2 Å². The van der Waals surface area contributed by atoms with Gasteiger partial charge in [-0.3, -0.25) is 9.69 Å². The van der Waals surface area contributed by atoms with Gasteiger partial charge in [-0.15, -0.1) is 11.3 Å². The fourth-order valence-electron chi connectivity index (χ4n) is 3.47. The fourth-order valence-corrected chi connectivity index (χ4v) is 4.28. The summed E-state index contributed by atoms with van der Waals surface area (Å²) in [5, 5.41) is 6.58. The van der Waals surface area contributed by atoms with Crippen LogP contribution in [0.4, 0.5) is 5.69 Å². The Bertz CT molecular complexity index is 676. The van der Waals surface area contributed by atoms with Crippen LogP contribution in [0.5, 0.6) is 0 Å². The summed E-state index contributed by atoms with van der Waals surface area (Å²) in [5.41, 5.74) is 1.39. The number of hydrogen-bond donors (Lipinski definition) is 1. The van der Waals surface area contributed by atoms with Crippen molar-refractivity contribution < 1.29 is 4.79 Å². The largest absolute Gasteiger partial charge is 0.368 e. The number of piperazine rings is 1. The van der Waals surface area contributed by atoms with Crippen LogP contribution in [0.1, 0.15) is 32.6 Å². The van der Waals surface area contributed by atoms with Gasteiger partial charge in [0, 0.05) is 54.9 Å². The number of fused-ring (bicyclic) bond motifs is 1. The molecule has 1 aromatic carbocycles. The van der Waals surface area contributed by atoms with Crippen molar-refractivity contribution in [3.8, 4) is 0 Å². The third-order valence-electron chi connectivity index (χ3n) is 4.89. The van der Waals surface area contributed by atoms with Gasteiger partial charge in [0.05, 0.1) is 0 Å². The van der Waals surface area contributed by atoms with E-state index in [2.05, 4.69) is 44.8 Å². The van der Waals surface area contributed by atoms with Crippen LogP contribution in [0.2, 0.25) is 0 Å². The van der Waals surface area contributed by atoms with Crippen LogP contribution < -0.4 is 10.2 Å². The topological polar surface area (TPSA) is 35.6 Å². The SMILES string of the molecule is CCCC(=O)NCCCCN1CCN(c2cccc3sccc23)CC1. The molecule has 1 N–H and O–H groups in total. The molecule has 2 aromatic rings. The van der Waals surface area contributed by atoms with Crippen molar-refractivity contribution in [2.24, 2.45) is 0 Å². The first-order valence-electron chi connectivity index (χ1n) is 9.48.